The number of hydrogen-bond donors (Lipinski definition) is 0. The van der Waals surface area contributed by atoms with E-state index in [1.165, 1.54) is 6.42 Å². The van der Waals surface area contributed by atoms with E-state index < -0.39 is 0 Å². The van der Waals surface area contributed by atoms with Gasteiger partial charge in [0.15, 0.2) is 0 Å². The molecule has 0 unspecified atom stereocenters. The van der Waals surface area contributed by atoms with Crippen LogP contribution in [-0.4, -0.2) is 8.41 Å². The van der Waals surface area contributed by atoms with Crippen molar-refractivity contribution < 1.29 is 0 Å². The molecule has 1 heteroatoms. The van der Waals surface area contributed by atoms with Crippen molar-refractivity contribution in [1.29, 1.82) is 0 Å². The lowest BCUT2D eigenvalue weighted by molar-refractivity contribution is 0.398. The van der Waals surface area contributed by atoms with Crippen LogP contribution in [0, 0.1) is 5.41 Å². The Morgan fingerprint density at radius 1 is 1.12 bits per heavy atom. The van der Waals surface area contributed by atoms with Gasteiger partial charge in [0.05, 0.1) is 0 Å². The first-order valence-electron chi connectivity index (χ1n) is 2.56. The van der Waals surface area contributed by atoms with Crippen LogP contribution in [0.3, 0.4) is 0 Å². The average Bonchev–Trinajstić information content (AvgIpc) is 1.35. The maximum absolute atomic E-state index is 2.24. The van der Waals surface area contributed by atoms with Gasteiger partial charge in [0.1, 0.15) is 0 Å². The molecule has 49 valence electrons. The van der Waals surface area contributed by atoms with Crippen LogP contribution >= 0.6 is 0 Å². The highest BCUT2D eigenvalue weighted by Gasteiger charge is 2.03. The molecule has 0 aromatic heterocycles. The largest absolute Gasteiger partial charge is 0.0776 e. The van der Waals surface area contributed by atoms with Gasteiger partial charge in [-0.25, -0.2) is 0 Å². The fraction of sp³-hybridized carbons (Fsp3) is 1.00. The minimum Gasteiger partial charge on any atom is -0.0776 e. The quantitative estimate of drug-likeness (QED) is 0.423. The molecule has 0 spiro atoms. The predicted molar refractivity (Wildman–Crippen MR) is 42.2 cm³/mol. The maximum atomic E-state index is 2.24. The smallest absolute Gasteiger partial charge is 0 e. The van der Waals surface area contributed by atoms with Gasteiger partial charge in [-0.3, -0.25) is 0 Å². The van der Waals surface area contributed by atoms with E-state index in [9.17, 15) is 0 Å². The monoisotopic (exact) mass is 113 g/mol. The van der Waals surface area contributed by atoms with E-state index in [0.29, 0.717) is 5.41 Å². The summed E-state index contributed by atoms with van der Waals surface area (Å²) in [6.45, 7) is 8.94. The third kappa shape index (κ3) is 16.6. The zero-order valence-corrected chi connectivity index (χ0v) is 5.78. The highest BCUT2D eigenvalue weighted by Crippen LogP contribution is 2.16. The van der Waals surface area contributed by atoms with Gasteiger partial charge in [-0.2, -0.15) is 0 Å². The Labute approximate surface area is 56.3 Å². The van der Waals surface area contributed by atoms with E-state index >= 15 is 0 Å². The van der Waals surface area contributed by atoms with Crippen LogP contribution in [-0.2, 0) is 0 Å². The molecule has 0 aromatic carbocycles. The zero-order valence-electron chi connectivity index (χ0n) is 5.78. The summed E-state index contributed by atoms with van der Waals surface area (Å²) < 4.78 is 0. The first kappa shape index (κ1) is 15.7. The van der Waals surface area contributed by atoms with Gasteiger partial charge in [-0.1, -0.05) is 41.5 Å². The average molecular weight is 113 g/mol. The van der Waals surface area contributed by atoms with Crippen LogP contribution in [0.4, 0.5) is 0 Å². The number of hydrogen-bond acceptors (Lipinski definition) is 0. The fourth-order valence-electron chi connectivity index (χ4n) is 0. The molecule has 8 heavy (non-hydrogen) atoms. The van der Waals surface area contributed by atoms with Gasteiger partial charge in [-0.15, -0.1) is 0 Å². The summed E-state index contributed by atoms with van der Waals surface area (Å²) in [6, 6.07) is 0. The van der Waals surface area contributed by atoms with E-state index in [2.05, 4.69) is 27.7 Å². The van der Waals surface area contributed by atoms with Gasteiger partial charge < -0.3 is 0 Å². The van der Waals surface area contributed by atoms with Crippen LogP contribution in [0.1, 0.15) is 41.5 Å². The summed E-state index contributed by atoms with van der Waals surface area (Å²) in [5.74, 6) is 0. The molecule has 0 nitrogen and oxygen atoms in total. The van der Waals surface area contributed by atoms with Crippen LogP contribution in [0.5, 0.6) is 0 Å². The molecule has 0 bridgehead atoms. The van der Waals surface area contributed by atoms with Crippen molar-refractivity contribution in [3.63, 3.8) is 0 Å². The molecule has 0 saturated heterocycles. The van der Waals surface area contributed by atoms with E-state index in [0.717, 1.165) is 0 Å². The normalized spacial score (nSPS) is 9.00. The van der Waals surface area contributed by atoms with Crippen molar-refractivity contribution in [1.82, 2.24) is 0 Å². The third-order valence-corrected chi connectivity index (χ3v) is 1.06. The molecule has 0 atom stereocenters. The fourth-order valence-corrected chi connectivity index (χ4v) is 0. The second-order valence-corrected chi connectivity index (χ2v) is 2.91. The van der Waals surface area contributed by atoms with Crippen LogP contribution in [0.2, 0.25) is 0 Å². The second-order valence-electron chi connectivity index (χ2n) is 2.91. The van der Waals surface area contributed by atoms with E-state index in [1.807, 2.05) is 0 Å². The van der Waals surface area contributed by atoms with E-state index in [-0.39, 0.29) is 15.8 Å². The molecule has 3 radical (unpaired) electrons. The molecule has 0 aliphatic rings. The van der Waals surface area contributed by atoms with Crippen molar-refractivity contribution in [2.45, 2.75) is 41.5 Å². The van der Waals surface area contributed by atoms with Gasteiger partial charge in [0, 0.05) is 8.41 Å². The highest BCUT2D eigenvalue weighted by atomic mass is 14.1. The Bertz CT molecular complexity index is 34.1. The summed E-state index contributed by atoms with van der Waals surface area (Å²) in [6.07, 6.45) is 1.27. The first-order valence-corrected chi connectivity index (χ1v) is 2.56. The zero-order chi connectivity index (χ0) is 5.21. The Morgan fingerprint density at radius 3 is 1.25 bits per heavy atom. The third-order valence-electron chi connectivity index (χ3n) is 1.06. The molecule has 0 fully saturated rings. The van der Waals surface area contributed by atoms with Crippen molar-refractivity contribution in [3.05, 3.63) is 0 Å². The van der Waals surface area contributed by atoms with Crippen LogP contribution in [0.25, 0.3) is 0 Å². The second kappa shape index (κ2) is 5.21. The lowest BCUT2D eigenvalue weighted by Crippen LogP contribution is -2.00. The van der Waals surface area contributed by atoms with Crippen LogP contribution < -0.4 is 0 Å². The molecule has 0 aliphatic carbocycles. The Morgan fingerprint density at radius 2 is 1.25 bits per heavy atom. The Hall–Kier alpha value is 0.0649. The number of rotatable bonds is 0. The van der Waals surface area contributed by atoms with Gasteiger partial charge in [0.25, 0.3) is 0 Å². The molecule has 0 N–H and O–H groups in total. The lowest BCUT2D eigenvalue weighted by atomic mass is 9.94. The van der Waals surface area contributed by atoms with Crippen molar-refractivity contribution in [3.8, 4) is 0 Å². The molecule has 0 aromatic rings. The summed E-state index contributed by atoms with van der Waals surface area (Å²) in [5, 5.41) is 0. The van der Waals surface area contributed by atoms with Crippen molar-refractivity contribution in [2.24, 2.45) is 5.41 Å². The Kier molecular flexibility index (Phi) is 10.2. The predicted octanol–water partition coefficient (Wildman–Crippen LogP) is 2.70. The standard InChI is InChI=1S/C6H14.CH4.B/c1-5-6(2,3)4;;/h5H2,1-4H3;1H4;. The van der Waals surface area contributed by atoms with Gasteiger partial charge in [0.2, 0.25) is 0 Å². The van der Waals surface area contributed by atoms with E-state index in [4.69, 9.17) is 0 Å². The minimum absolute atomic E-state index is 0. The molecule has 0 heterocycles. The lowest BCUT2D eigenvalue weighted by Gasteiger charge is -2.12. The minimum atomic E-state index is 0. The molecule has 0 amide bonds. The topological polar surface area (TPSA) is 0 Å². The summed E-state index contributed by atoms with van der Waals surface area (Å²) >= 11 is 0. The van der Waals surface area contributed by atoms with Crippen LogP contribution in [0.15, 0.2) is 0 Å². The summed E-state index contributed by atoms with van der Waals surface area (Å²) in [7, 11) is 0. The molecule has 0 saturated carbocycles. The summed E-state index contributed by atoms with van der Waals surface area (Å²) in [4.78, 5) is 0. The van der Waals surface area contributed by atoms with Gasteiger partial charge in [-0.05, 0) is 5.41 Å². The van der Waals surface area contributed by atoms with E-state index in [1.54, 1.807) is 0 Å². The maximum Gasteiger partial charge on any atom is 0 e. The van der Waals surface area contributed by atoms with Crippen molar-refractivity contribution >= 4 is 8.41 Å². The molecular weight excluding hydrogens is 94.9 g/mol. The van der Waals surface area contributed by atoms with Crippen molar-refractivity contribution in [2.75, 3.05) is 0 Å². The molecular formula is C7H18B. The molecule has 0 aliphatic heterocycles. The molecule has 0 rings (SSSR count). The van der Waals surface area contributed by atoms with Gasteiger partial charge >= 0.3 is 0 Å². The highest BCUT2D eigenvalue weighted by molar-refractivity contribution is 5.75. The Balaban J connectivity index is -0.000000125. The first-order chi connectivity index (χ1) is 2.56. The summed E-state index contributed by atoms with van der Waals surface area (Å²) in [5.41, 5.74) is 0.542. The SMILES string of the molecule is C.CCC(C)(C)C.[B].